The molecule has 0 aliphatic heterocycles. The first kappa shape index (κ1) is 14.3. The normalized spacial score (nSPS) is 9.56. The van der Waals surface area contributed by atoms with E-state index in [1.54, 1.807) is 18.5 Å². The minimum Gasteiger partial charge on any atom is -0.465 e. The van der Waals surface area contributed by atoms with Crippen LogP contribution in [0.1, 0.15) is 19.4 Å². The van der Waals surface area contributed by atoms with E-state index < -0.39 is 5.97 Å². The highest BCUT2D eigenvalue weighted by Crippen LogP contribution is 2.27. The Morgan fingerprint density at radius 2 is 2.17 bits per heavy atom. The number of hydrogen-bond acceptors (Lipinski definition) is 3. The third kappa shape index (κ3) is 2.54. The molecule has 2 heterocycles. The van der Waals surface area contributed by atoms with E-state index in [0.29, 0.717) is 16.2 Å². The summed E-state index contributed by atoms with van der Waals surface area (Å²) in [5.74, 6) is -0.464. The van der Waals surface area contributed by atoms with Crippen LogP contribution in [0.2, 0.25) is 5.15 Å². The van der Waals surface area contributed by atoms with E-state index in [9.17, 15) is 4.79 Å². The van der Waals surface area contributed by atoms with Crippen molar-refractivity contribution in [2.24, 2.45) is 0 Å². The maximum atomic E-state index is 11.4. The Bertz CT molecular complexity index is 575. The van der Waals surface area contributed by atoms with Gasteiger partial charge in [0.2, 0.25) is 0 Å². The molecular weight excluding hydrogens is 252 g/mol. The summed E-state index contributed by atoms with van der Waals surface area (Å²) in [5.41, 5.74) is 1.64. The second-order valence-electron chi connectivity index (χ2n) is 3.20. The van der Waals surface area contributed by atoms with Crippen LogP contribution in [0, 0.1) is 0 Å². The Morgan fingerprint density at radius 3 is 2.78 bits per heavy atom. The Morgan fingerprint density at radius 1 is 1.50 bits per heavy atom. The summed E-state index contributed by atoms with van der Waals surface area (Å²) in [5, 5.41) is 1.16. The van der Waals surface area contributed by atoms with Gasteiger partial charge in [0.15, 0.2) is 5.15 Å². The monoisotopic (exact) mass is 266 g/mol. The van der Waals surface area contributed by atoms with Crippen molar-refractivity contribution in [3.05, 3.63) is 35.8 Å². The number of H-pyrrole nitrogens is 1. The van der Waals surface area contributed by atoms with Gasteiger partial charge in [-0.2, -0.15) is 0 Å². The molecule has 0 aliphatic rings. The quantitative estimate of drug-likeness (QED) is 0.515. The van der Waals surface area contributed by atoms with Crippen molar-refractivity contribution >= 4 is 34.0 Å². The topological polar surface area (TPSA) is 55.0 Å². The number of pyridine rings is 1. The van der Waals surface area contributed by atoms with Crippen molar-refractivity contribution in [3.63, 3.8) is 0 Å². The fourth-order valence-electron chi connectivity index (χ4n) is 1.50. The molecule has 18 heavy (non-hydrogen) atoms. The molecule has 0 bridgehead atoms. The Labute approximate surface area is 111 Å². The number of halogens is 1. The van der Waals surface area contributed by atoms with E-state index in [1.807, 2.05) is 13.8 Å². The van der Waals surface area contributed by atoms with E-state index in [-0.39, 0.29) is 5.57 Å². The molecule has 0 saturated heterocycles. The number of rotatable bonds is 2. The van der Waals surface area contributed by atoms with E-state index >= 15 is 0 Å². The van der Waals surface area contributed by atoms with Crippen LogP contribution in [-0.2, 0) is 9.53 Å². The fourth-order valence-corrected chi connectivity index (χ4v) is 1.72. The van der Waals surface area contributed by atoms with Gasteiger partial charge >= 0.3 is 5.97 Å². The molecule has 2 rings (SSSR count). The first-order valence-electron chi connectivity index (χ1n) is 5.54. The van der Waals surface area contributed by atoms with Crippen molar-refractivity contribution in [2.75, 3.05) is 7.11 Å². The first-order valence-corrected chi connectivity index (χ1v) is 5.92. The summed E-state index contributed by atoms with van der Waals surface area (Å²) in [6.07, 6.45) is 3.24. The second-order valence-corrected chi connectivity index (χ2v) is 3.55. The smallest absolute Gasteiger partial charge is 0.337 e. The molecule has 0 saturated carbocycles. The average molecular weight is 267 g/mol. The second kappa shape index (κ2) is 6.21. The van der Waals surface area contributed by atoms with Gasteiger partial charge in [-0.1, -0.05) is 32.0 Å². The fraction of sp³-hybridized carbons (Fsp3) is 0.231. The van der Waals surface area contributed by atoms with Crippen LogP contribution in [-0.4, -0.2) is 23.0 Å². The molecule has 0 aromatic carbocycles. The van der Waals surface area contributed by atoms with Gasteiger partial charge < -0.3 is 9.72 Å². The number of fused-ring (bicyclic) bond motifs is 1. The Kier molecular flexibility index (Phi) is 4.92. The summed E-state index contributed by atoms with van der Waals surface area (Å²) >= 11 is 5.90. The molecule has 96 valence electrons. The van der Waals surface area contributed by atoms with Crippen LogP contribution in [0.3, 0.4) is 0 Å². The molecule has 5 heteroatoms. The molecule has 0 spiro atoms. The molecule has 0 unspecified atom stereocenters. The van der Waals surface area contributed by atoms with E-state index in [2.05, 4.69) is 21.3 Å². The van der Waals surface area contributed by atoms with Crippen molar-refractivity contribution < 1.29 is 9.53 Å². The highest BCUT2D eigenvalue weighted by atomic mass is 35.5. The number of aromatic nitrogens is 2. The largest absolute Gasteiger partial charge is 0.465 e. The molecular formula is C13H15ClN2O2. The lowest BCUT2D eigenvalue weighted by molar-refractivity contribution is -0.133. The van der Waals surface area contributed by atoms with Crippen molar-refractivity contribution in [2.45, 2.75) is 13.8 Å². The first-order chi connectivity index (χ1) is 8.65. The molecule has 2 aromatic heterocycles. The third-order valence-electron chi connectivity index (χ3n) is 2.31. The van der Waals surface area contributed by atoms with Gasteiger partial charge in [0.1, 0.15) is 0 Å². The molecule has 0 aliphatic carbocycles. The van der Waals surface area contributed by atoms with E-state index in [0.717, 1.165) is 5.39 Å². The molecule has 0 radical (unpaired) electrons. The molecule has 4 nitrogen and oxygen atoms in total. The number of hydrogen-bond donors (Lipinski definition) is 1. The van der Waals surface area contributed by atoms with Crippen LogP contribution < -0.4 is 0 Å². The van der Waals surface area contributed by atoms with Crippen LogP contribution >= 0.6 is 11.6 Å². The van der Waals surface area contributed by atoms with Crippen LogP contribution in [0.4, 0.5) is 0 Å². The number of carbonyl (C=O) groups excluding carboxylic acids is 1. The predicted octanol–water partition coefficient (Wildman–Crippen LogP) is 3.43. The van der Waals surface area contributed by atoms with E-state index in [1.165, 1.54) is 7.11 Å². The number of ether oxygens (including phenoxy) is 1. The van der Waals surface area contributed by atoms with Crippen LogP contribution in [0.25, 0.3) is 16.5 Å². The number of carbonyl (C=O) groups is 1. The number of methoxy groups -OCH3 is 1. The third-order valence-corrected chi connectivity index (χ3v) is 2.60. The van der Waals surface area contributed by atoms with Crippen molar-refractivity contribution in [1.82, 2.24) is 9.97 Å². The summed E-state index contributed by atoms with van der Waals surface area (Å²) in [7, 11) is 1.32. The minimum absolute atomic E-state index is 0.288. The summed E-state index contributed by atoms with van der Waals surface area (Å²) < 4.78 is 4.61. The number of aromatic amines is 1. The highest BCUT2D eigenvalue weighted by molar-refractivity contribution is 6.34. The zero-order valence-electron chi connectivity index (χ0n) is 10.6. The maximum Gasteiger partial charge on any atom is 0.337 e. The summed E-state index contributed by atoms with van der Waals surface area (Å²) in [6.45, 7) is 7.69. The zero-order valence-corrected chi connectivity index (χ0v) is 11.3. The van der Waals surface area contributed by atoms with Gasteiger partial charge in [-0.15, -0.1) is 0 Å². The summed E-state index contributed by atoms with van der Waals surface area (Å²) in [4.78, 5) is 18.2. The van der Waals surface area contributed by atoms with Gasteiger partial charge in [-0.3, -0.25) is 0 Å². The lowest BCUT2D eigenvalue weighted by atomic mass is 10.1. The molecule has 0 atom stereocenters. The standard InChI is InChI=1S/C11H9ClN2O2.C2H6/c1-6(11(15)16-2)8-5-14-9-7(8)3-4-13-10(9)12;1-2/h3-5,14H,1H2,2H3;1-2H3. The predicted molar refractivity (Wildman–Crippen MR) is 73.5 cm³/mol. The van der Waals surface area contributed by atoms with Gasteiger partial charge in [0.25, 0.3) is 0 Å². The SMILES string of the molecule is C=C(C(=O)OC)c1c[nH]c2c(Cl)nccc12.CC. The Balaban J connectivity index is 0.000000771. The van der Waals surface area contributed by atoms with Crippen molar-refractivity contribution in [3.8, 4) is 0 Å². The van der Waals surface area contributed by atoms with Gasteiger partial charge in [-0.25, -0.2) is 9.78 Å². The molecule has 1 N–H and O–H groups in total. The Hall–Kier alpha value is -1.81. The molecule has 0 amide bonds. The van der Waals surface area contributed by atoms with E-state index in [4.69, 9.17) is 11.6 Å². The number of nitrogens with one attached hydrogen (secondary N) is 1. The molecule has 0 fully saturated rings. The number of esters is 1. The number of nitrogens with zero attached hydrogens (tertiary/aromatic N) is 1. The van der Waals surface area contributed by atoms with Crippen LogP contribution in [0.5, 0.6) is 0 Å². The molecule has 2 aromatic rings. The van der Waals surface area contributed by atoms with Gasteiger partial charge in [0.05, 0.1) is 18.2 Å². The lowest BCUT2D eigenvalue weighted by Crippen LogP contribution is -2.01. The van der Waals surface area contributed by atoms with Crippen LogP contribution in [0.15, 0.2) is 25.0 Å². The van der Waals surface area contributed by atoms with Gasteiger partial charge in [-0.05, 0) is 6.07 Å². The average Bonchev–Trinajstić information content (AvgIpc) is 2.84. The van der Waals surface area contributed by atoms with Gasteiger partial charge in [0, 0.05) is 23.3 Å². The highest BCUT2D eigenvalue weighted by Gasteiger charge is 2.15. The maximum absolute atomic E-state index is 11.4. The van der Waals surface area contributed by atoms with Crippen molar-refractivity contribution in [1.29, 1.82) is 0 Å². The summed E-state index contributed by atoms with van der Waals surface area (Å²) in [6, 6.07) is 1.77. The minimum atomic E-state index is -0.464. The lowest BCUT2D eigenvalue weighted by Gasteiger charge is -2.01. The zero-order chi connectivity index (χ0) is 13.7.